The lowest BCUT2D eigenvalue weighted by Gasteiger charge is -2.23. The maximum atomic E-state index is 14.0. The number of aromatic amines is 1. The van der Waals surface area contributed by atoms with E-state index < -0.39 is 26.8 Å². The molecule has 1 aromatic heterocycles. The van der Waals surface area contributed by atoms with E-state index in [9.17, 15) is 17.6 Å². The van der Waals surface area contributed by atoms with Crippen LogP contribution >= 0.6 is 0 Å². The Balaban J connectivity index is 1.35. The maximum Gasteiger partial charge on any atom is 0.246 e. The highest BCUT2D eigenvalue weighted by Gasteiger charge is 2.40. The molecule has 2 aromatic carbocycles. The first-order valence-electron chi connectivity index (χ1n) is 9.94. The summed E-state index contributed by atoms with van der Waals surface area (Å²) in [6.45, 7) is 0.605. The van der Waals surface area contributed by atoms with E-state index in [-0.39, 0.29) is 12.5 Å². The Hall–Kier alpha value is -2.78. The number of nitrogens with one attached hydrogen (secondary N) is 2. The molecular weight excluding hydrogens is 407 g/mol. The van der Waals surface area contributed by atoms with Crippen molar-refractivity contribution in [2.45, 2.75) is 36.6 Å². The fraction of sp³-hybridized carbons (Fsp3) is 0.333. The number of carbonyl (C=O) groups excluding carboxylic acids is 1. The molecule has 0 radical (unpaired) electrons. The quantitative estimate of drug-likeness (QED) is 0.564. The van der Waals surface area contributed by atoms with Crippen molar-refractivity contribution in [3.8, 4) is 0 Å². The Kier molecular flexibility index (Phi) is 5.83. The number of benzene rings is 2. The highest BCUT2D eigenvalue weighted by Crippen LogP contribution is 2.27. The van der Waals surface area contributed by atoms with Gasteiger partial charge >= 0.3 is 0 Å². The maximum absolute atomic E-state index is 14.0. The fourth-order valence-electron chi connectivity index (χ4n) is 3.78. The molecule has 9 heteroatoms. The van der Waals surface area contributed by atoms with Crippen molar-refractivity contribution in [1.29, 1.82) is 0 Å². The smallest absolute Gasteiger partial charge is 0.246 e. The molecule has 0 aliphatic carbocycles. The van der Waals surface area contributed by atoms with Crippen LogP contribution in [0, 0.1) is 5.82 Å². The zero-order valence-electron chi connectivity index (χ0n) is 16.3. The van der Waals surface area contributed by atoms with E-state index in [2.05, 4.69) is 15.3 Å². The average molecular weight is 431 g/mol. The van der Waals surface area contributed by atoms with Gasteiger partial charge in [-0.2, -0.15) is 4.31 Å². The number of amides is 1. The Morgan fingerprint density at radius 3 is 2.77 bits per heavy atom. The van der Waals surface area contributed by atoms with Crippen LogP contribution in [-0.4, -0.2) is 47.7 Å². The summed E-state index contributed by atoms with van der Waals surface area (Å²) in [5.41, 5.74) is 1.87. The molecule has 2 N–H and O–H groups in total. The third-order valence-electron chi connectivity index (χ3n) is 5.26. The highest BCUT2D eigenvalue weighted by atomic mass is 32.2. The molecule has 1 aliphatic rings. The van der Waals surface area contributed by atoms with Crippen LogP contribution < -0.4 is 5.32 Å². The molecule has 1 amide bonds. The summed E-state index contributed by atoms with van der Waals surface area (Å²) in [7, 11) is -4.07. The van der Waals surface area contributed by atoms with Crippen LogP contribution in [-0.2, 0) is 21.2 Å². The summed E-state index contributed by atoms with van der Waals surface area (Å²) in [6, 6.07) is 12.2. The summed E-state index contributed by atoms with van der Waals surface area (Å²) in [6.07, 6.45) is 2.31. The van der Waals surface area contributed by atoms with E-state index in [1.807, 2.05) is 24.3 Å². The van der Waals surface area contributed by atoms with Gasteiger partial charge < -0.3 is 10.3 Å². The molecule has 2 heterocycles. The lowest BCUT2D eigenvalue weighted by atomic mass is 10.2. The number of halogens is 1. The monoisotopic (exact) mass is 430 g/mol. The van der Waals surface area contributed by atoms with E-state index in [1.54, 1.807) is 0 Å². The second kappa shape index (κ2) is 8.53. The zero-order chi connectivity index (χ0) is 21.1. The number of para-hydroxylation sites is 2. The van der Waals surface area contributed by atoms with Gasteiger partial charge in [0.15, 0.2) is 0 Å². The number of aryl methyl sites for hydroxylation is 1. The topological polar surface area (TPSA) is 95.2 Å². The normalized spacial score (nSPS) is 17.4. The van der Waals surface area contributed by atoms with Gasteiger partial charge in [0.1, 0.15) is 22.6 Å². The zero-order valence-corrected chi connectivity index (χ0v) is 17.2. The molecular formula is C21H23FN4O3S. The first-order chi connectivity index (χ1) is 14.5. The predicted octanol–water partition coefficient (Wildman–Crippen LogP) is 2.60. The Bertz CT molecular complexity index is 1130. The van der Waals surface area contributed by atoms with E-state index in [4.69, 9.17) is 0 Å². The van der Waals surface area contributed by atoms with Crippen molar-refractivity contribution >= 4 is 27.0 Å². The van der Waals surface area contributed by atoms with Crippen LogP contribution in [0.1, 0.15) is 25.1 Å². The number of fused-ring (bicyclic) bond motifs is 1. The van der Waals surface area contributed by atoms with Crippen molar-refractivity contribution in [2.75, 3.05) is 13.1 Å². The van der Waals surface area contributed by atoms with Crippen molar-refractivity contribution in [3.63, 3.8) is 0 Å². The second-order valence-corrected chi connectivity index (χ2v) is 9.16. The van der Waals surface area contributed by atoms with Crippen molar-refractivity contribution in [3.05, 3.63) is 60.2 Å². The summed E-state index contributed by atoms with van der Waals surface area (Å²) in [5.74, 6) is -0.318. The minimum absolute atomic E-state index is 0.202. The molecule has 1 fully saturated rings. The predicted molar refractivity (Wildman–Crippen MR) is 111 cm³/mol. The molecule has 0 spiro atoms. The molecule has 0 saturated carbocycles. The van der Waals surface area contributed by atoms with Gasteiger partial charge in [-0.25, -0.2) is 17.8 Å². The van der Waals surface area contributed by atoms with Crippen molar-refractivity contribution in [1.82, 2.24) is 19.6 Å². The Morgan fingerprint density at radius 1 is 1.20 bits per heavy atom. The van der Waals surface area contributed by atoms with Gasteiger partial charge in [0, 0.05) is 19.5 Å². The minimum Gasteiger partial charge on any atom is -0.355 e. The number of rotatable bonds is 7. The van der Waals surface area contributed by atoms with Gasteiger partial charge in [0.25, 0.3) is 0 Å². The molecule has 0 bridgehead atoms. The summed E-state index contributed by atoms with van der Waals surface area (Å²) < 4.78 is 40.9. The van der Waals surface area contributed by atoms with Gasteiger partial charge in [-0.15, -0.1) is 0 Å². The summed E-state index contributed by atoms with van der Waals surface area (Å²) in [5, 5.41) is 2.82. The first kappa shape index (κ1) is 20.5. The number of aromatic nitrogens is 2. The van der Waals surface area contributed by atoms with E-state index in [0.29, 0.717) is 32.2 Å². The molecule has 1 unspecified atom stereocenters. The van der Waals surface area contributed by atoms with E-state index >= 15 is 0 Å². The van der Waals surface area contributed by atoms with Crippen LogP contribution in [0.25, 0.3) is 11.0 Å². The minimum atomic E-state index is -4.07. The van der Waals surface area contributed by atoms with Crippen LogP contribution in [0.15, 0.2) is 53.4 Å². The lowest BCUT2D eigenvalue weighted by molar-refractivity contribution is -0.124. The molecule has 30 heavy (non-hydrogen) atoms. The molecule has 7 nitrogen and oxygen atoms in total. The van der Waals surface area contributed by atoms with Crippen LogP contribution in [0.5, 0.6) is 0 Å². The largest absolute Gasteiger partial charge is 0.355 e. The van der Waals surface area contributed by atoms with Gasteiger partial charge in [-0.05, 0) is 43.5 Å². The van der Waals surface area contributed by atoms with E-state index in [1.165, 1.54) is 18.2 Å². The van der Waals surface area contributed by atoms with Crippen LogP contribution in [0.4, 0.5) is 4.39 Å². The molecule has 158 valence electrons. The van der Waals surface area contributed by atoms with Crippen LogP contribution in [0.2, 0.25) is 0 Å². The number of hydrogen-bond acceptors (Lipinski definition) is 4. The SMILES string of the molecule is O=C(NCCCc1nc2ccccc2[nH]1)C1CCCN1S(=O)(=O)c1ccccc1F. The number of carbonyl (C=O) groups is 1. The summed E-state index contributed by atoms with van der Waals surface area (Å²) >= 11 is 0. The Morgan fingerprint density at radius 2 is 1.97 bits per heavy atom. The summed E-state index contributed by atoms with van der Waals surface area (Å²) in [4.78, 5) is 20.0. The second-order valence-electron chi connectivity index (χ2n) is 7.30. The lowest BCUT2D eigenvalue weighted by Crippen LogP contribution is -2.46. The molecule has 3 aromatic rings. The fourth-order valence-corrected chi connectivity index (χ4v) is 5.50. The highest BCUT2D eigenvalue weighted by molar-refractivity contribution is 7.89. The van der Waals surface area contributed by atoms with Crippen molar-refractivity contribution < 1.29 is 17.6 Å². The molecule has 1 saturated heterocycles. The number of nitrogens with zero attached hydrogens (tertiary/aromatic N) is 2. The van der Waals surface area contributed by atoms with Gasteiger partial charge in [0.2, 0.25) is 15.9 Å². The molecule has 4 rings (SSSR count). The standard InChI is InChI=1S/C21H23FN4O3S/c22-15-7-1-4-11-19(15)30(28,29)26-14-6-10-18(26)21(27)23-13-5-12-20-24-16-8-2-3-9-17(16)25-20/h1-4,7-9,11,18H,5-6,10,12-14H2,(H,23,27)(H,24,25). The number of H-pyrrole nitrogens is 1. The number of imidazole rings is 1. The van der Waals surface area contributed by atoms with Gasteiger partial charge in [-0.3, -0.25) is 4.79 Å². The third-order valence-corrected chi connectivity index (χ3v) is 7.20. The van der Waals surface area contributed by atoms with Crippen LogP contribution in [0.3, 0.4) is 0 Å². The van der Waals surface area contributed by atoms with Crippen molar-refractivity contribution in [2.24, 2.45) is 0 Å². The third kappa shape index (κ3) is 4.08. The number of hydrogen-bond donors (Lipinski definition) is 2. The Labute approximate surface area is 174 Å². The number of sulfonamides is 1. The van der Waals surface area contributed by atoms with Gasteiger partial charge in [0.05, 0.1) is 11.0 Å². The molecule has 1 atom stereocenters. The first-order valence-corrected chi connectivity index (χ1v) is 11.4. The molecule has 1 aliphatic heterocycles. The average Bonchev–Trinajstić information content (AvgIpc) is 3.38. The van der Waals surface area contributed by atoms with E-state index in [0.717, 1.165) is 27.2 Å². The van der Waals surface area contributed by atoms with Gasteiger partial charge in [-0.1, -0.05) is 24.3 Å².